The third kappa shape index (κ3) is 2.92. The molecule has 1 rings (SSSR count). The summed E-state index contributed by atoms with van der Waals surface area (Å²) in [6, 6.07) is 3.55. The van der Waals surface area contributed by atoms with Crippen molar-refractivity contribution in [3.05, 3.63) is 23.3 Å². The fourth-order valence-corrected chi connectivity index (χ4v) is 2.53. The van der Waals surface area contributed by atoms with Gasteiger partial charge in [-0.2, -0.15) is 0 Å². The first-order chi connectivity index (χ1) is 7.24. The number of carbonyl (C=O) groups is 1. The number of aromatic hydroxyl groups is 1. The van der Waals surface area contributed by atoms with Crippen LogP contribution in [0.5, 0.6) is 5.75 Å². The monoisotopic (exact) mass is 419 g/mol. The van der Waals surface area contributed by atoms with E-state index in [1.807, 2.05) is 0 Å². The van der Waals surface area contributed by atoms with Crippen molar-refractivity contribution in [2.75, 3.05) is 0 Å². The first-order valence-electron chi connectivity index (χ1n) is 4.74. The van der Waals surface area contributed by atoms with E-state index in [0.29, 0.717) is 0 Å². The standard InChI is InChI=1S/C11H14AtNO3/c1-6-3-7(4-8(12)9(6)14)5-11(2,13)10(15)16/h3-4,14H,5,13H2,1-2H3,(H,15,16)/i12+1. The van der Waals surface area contributed by atoms with Crippen LogP contribution in [0.4, 0.5) is 0 Å². The molecule has 0 heterocycles. The van der Waals surface area contributed by atoms with Crippen molar-refractivity contribution in [1.29, 1.82) is 0 Å². The van der Waals surface area contributed by atoms with Crippen LogP contribution < -0.4 is 9.01 Å². The molecule has 4 N–H and O–H groups in total. The molecule has 1 aromatic carbocycles. The second-order valence-corrected chi connectivity index (χ2v) is 5.73. The molecule has 0 radical (unpaired) electrons. The molecule has 0 amide bonds. The van der Waals surface area contributed by atoms with Crippen molar-refractivity contribution in [2.45, 2.75) is 25.8 Å². The fraction of sp³-hybridized carbons (Fsp3) is 0.364. The van der Waals surface area contributed by atoms with Crippen LogP contribution in [-0.4, -0.2) is 21.7 Å². The molecule has 5 heteroatoms. The summed E-state index contributed by atoms with van der Waals surface area (Å²) in [5.41, 5.74) is 5.98. The minimum absolute atomic E-state index is 0.249. The van der Waals surface area contributed by atoms with Gasteiger partial charge in [-0.05, 0) is 0 Å². The van der Waals surface area contributed by atoms with Crippen LogP contribution in [0.25, 0.3) is 0 Å². The van der Waals surface area contributed by atoms with Crippen molar-refractivity contribution < 1.29 is 39.7 Å². The summed E-state index contributed by atoms with van der Waals surface area (Å²) in [4.78, 5) is 10.9. The van der Waals surface area contributed by atoms with Crippen LogP contribution in [0.2, 0.25) is 0 Å². The second-order valence-electron chi connectivity index (χ2n) is 4.14. The summed E-state index contributed by atoms with van der Waals surface area (Å²) in [6.07, 6.45) is 0.249. The van der Waals surface area contributed by atoms with E-state index in [0.717, 1.165) is 14.4 Å². The summed E-state index contributed by atoms with van der Waals surface area (Å²) in [7, 11) is 0. The van der Waals surface area contributed by atoms with Gasteiger partial charge in [0.2, 0.25) is 0 Å². The van der Waals surface area contributed by atoms with Crippen LogP contribution in [0.1, 0.15) is 18.1 Å². The van der Waals surface area contributed by atoms with Gasteiger partial charge in [0.05, 0.1) is 0 Å². The summed E-state index contributed by atoms with van der Waals surface area (Å²) in [5, 5.41) is 18.5. The predicted molar refractivity (Wildman–Crippen MR) is 56.4 cm³/mol. The maximum absolute atomic E-state index is 10.9. The Morgan fingerprint density at radius 3 is 2.56 bits per heavy atom. The number of hydrogen-bond acceptors (Lipinski definition) is 3. The number of phenolic OH excluding ortho intramolecular Hbond substituents is 1. The Kier molecular flexibility index (Phi) is 3.92. The van der Waals surface area contributed by atoms with Crippen LogP contribution >= 0.6 is 0 Å². The maximum atomic E-state index is 10.9. The summed E-state index contributed by atoms with van der Waals surface area (Å²) in [6.45, 7) is 3.27. The average molecular weight is 419 g/mol. The molecule has 0 bridgehead atoms. The van der Waals surface area contributed by atoms with Gasteiger partial charge < -0.3 is 0 Å². The van der Waals surface area contributed by atoms with E-state index in [9.17, 15) is 9.90 Å². The van der Waals surface area contributed by atoms with Gasteiger partial charge in [-0.25, -0.2) is 0 Å². The summed E-state index contributed by atoms with van der Waals surface area (Å²) in [5.74, 6) is -0.754. The van der Waals surface area contributed by atoms with E-state index >= 15 is 0 Å². The Bertz CT molecular complexity index is 406. The third-order valence-corrected chi connectivity index (χ3v) is 3.49. The molecule has 4 nitrogen and oxygen atoms in total. The van der Waals surface area contributed by atoms with Crippen molar-refractivity contribution in [2.24, 2.45) is 5.73 Å². The number of aryl methyl sites for hydroxylation is 1. The molecule has 1 aromatic rings. The van der Waals surface area contributed by atoms with E-state index in [4.69, 9.17) is 10.8 Å². The third-order valence-electron chi connectivity index (χ3n) is 2.37. The van der Waals surface area contributed by atoms with Crippen LogP contribution in [0.3, 0.4) is 0 Å². The Labute approximate surface area is 109 Å². The molecule has 1 atom stereocenters. The first-order valence-corrected chi connectivity index (χ1v) is 6.21. The Balaban J connectivity index is 3.04. The topological polar surface area (TPSA) is 83.6 Å². The molecular weight excluding hydrogens is 405 g/mol. The Morgan fingerprint density at radius 2 is 2.12 bits per heavy atom. The second kappa shape index (κ2) is 4.68. The number of hydrogen-bond donors (Lipinski definition) is 3. The molecule has 0 aliphatic heterocycles. The van der Waals surface area contributed by atoms with E-state index < -0.39 is 11.5 Å². The first kappa shape index (κ1) is 13.4. The van der Waals surface area contributed by atoms with Crippen molar-refractivity contribution in [3.8, 4) is 5.75 Å². The van der Waals surface area contributed by atoms with Crippen molar-refractivity contribution >= 4 is 9.24 Å². The van der Waals surface area contributed by atoms with Gasteiger partial charge in [0, 0.05) is 0 Å². The summed E-state index contributed by atoms with van der Waals surface area (Å²) < 4.78 is 0.788. The van der Waals surface area contributed by atoms with Gasteiger partial charge in [-0.3, -0.25) is 0 Å². The molecule has 16 heavy (non-hydrogen) atoms. The minimum atomic E-state index is -1.28. The van der Waals surface area contributed by atoms with Gasteiger partial charge in [0.15, 0.2) is 0 Å². The fourth-order valence-electron chi connectivity index (χ4n) is 1.41. The van der Waals surface area contributed by atoms with Gasteiger partial charge in [0.25, 0.3) is 0 Å². The summed E-state index contributed by atoms with van der Waals surface area (Å²) >= 11 is 1.36. The molecule has 1 unspecified atom stereocenters. The van der Waals surface area contributed by atoms with Gasteiger partial charge in [0.1, 0.15) is 0 Å². The molecule has 0 aliphatic rings. The molecule has 0 aliphatic carbocycles. The molecule has 88 valence electrons. The number of carboxylic acid groups (broad SMARTS) is 1. The van der Waals surface area contributed by atoms with Gasteiger partial charge in [-0.1, -0.05) is 0 Å². The molecule has 0 aromatic heterocycles. The quantitative estimate of drug-likeness (QED) is 0.655. The molecule has 0 spiro atoms. The van der Waals surface area contributed by atoms with Crippen molar-refractivity contribution in [3.63, 3.8) is 0 Å². The van der Waals surface area contributed by atoms with E-state index in [1.54, 1.807) is 19.1 Å². The average Bonchev–Trinajstić information content (AvgIpc) is 2.13. The van der Waals surface area contributed by atoms with Crippen LogP contribution in [0.15, 0.2) is 12.1 Å². The SMILES string of the molecule is Cc1cc(CC(C)(N)C(=O)O)cc([211At])c1O. The Morgan fingerprint density at radius 1 is 1.56 bits per heavy atom. The van der Waals surface area contributed by atoms with E-state index in [2.05, 4.69) is 0 Å². The van der Waals surface area contributed by atoms with E-state index in [1.165, 1.54) is 31.6 Å². The number of rotatable bonds is 3. The Hall–Kier alpha value is -0.667. The zero-order valence-corrected chi connectivity index (χ0v) is 12.1. The number of carboxylic acids is 1. The molecule has 0 saturated heterocycles. The van der Waals surface area contributed by atoms with Crippen molar-refractivity contribution in [1.82, 2.24) is 0 Å². The number of phenols is 1. The van der Waals surface area contributed by atoms with Gasteiger partial charge >= 0.3 is 110 Å². The van der Waals surface area contributed by atoms with Crippen LogP contribution in [-0.2, 0) is 11.2 Å². The zero-order chi connectivity index (χ0) is 12.5. The molecule has 0 fully saturated rings. The predicted octanol–water partition coefficient (Wildman–Crippen LogP) is 0.220. The van der Waals surface area contributed by atoms with E-state index in [-0.39, 0.29) is 12.2 Å². The van der Waals surface area contributed by atoms with Gasteiger partial charge in [-0.15, -0.1) is 0 Å². The molecule has 0 saturated carbocycles. The van der Waals surface area contributed by atoms with Crippen LogP contribution in [0, 0.1) is 31.6 Å². The number of aliphatic carboxylic acids is 1. The normalized spacial score (nSPS) is 14.5. The zero-order valence-electron chi connectivity index (χ0n) is 9.12. The number of nitrogens with two attached hydrogens (primary N) is 1. The number of benzene rings is 1. The molecular formula is C11H14AtNO3.